The van der Waals surface area contributed by atoms with E-state index >= 15 is 0 Å². The summed E-state index contributed by atoms with van der Waals surface area (Å²) >= 11 is 0. The Kier molecular flexibility index (Phi) is 7.15. The molecule has 2 aliphatic rings. The van der Waals surface area contributed by atoms with E-state index in [0.717, 1.165) is 79.8 Å². The first kappa shape index (κ1) is 23.6. The lowest BCUT2D eigenvalue weighted by atomic mass is 10.1. The summed E-state index contributed by atoms with van der Waals surface area (Å²) in [6, 6.07) is 14.1. The molecule has 2 aromatic heterocycles. The molecule has 6 heteroatoms. The molecule has 1 atom stereocenters. The Hall–Kier alpha value is -3.17. The van der Waals surface area contributed by atoms with Crippen LogP contribution in [0.5, 0.6) is 0 Å². The SMILES string of the molecule is CCCC1CCCN1C(=O)c1ccc2nc(-c3ccc(C#N)cc3)c(CCCN3CCCC3)n2c1. The summed E-state index contributed by atoms with van der Waals surface area (Å²) < 4.78 is 2.13. The number of imidazole rings is 1. The van der Waals surface area contributed by atoms with E-state index in [1.165, 1.54) is 25.9 Å². The van der Waals surface area contributed by atoms with E-state index in [1.54, 1.807) is 0 Å². The Morgan fingerprint density at radius 2 is 1.89 bits per heavy atom. The van der Waals surface area contributed by atoms with Gasteiger partial charge in [0.1, 0.15) is 5.65 Å². The molecule has 0 saturated carbocycles. The number of amides is 1. The fraction of sp³-hybridized carbons (Fsp3) is 0.483. The second-order valence-electron chi connectivity index (χ2n) is 9.98. The van der Waals surface area contributed by atoms with Crippen LogP contribution in [-0.4, -0.2) is 57.3 Å². The van der Waals surface area contributed by atoms with Gasteiger partial charge in [0.15, 0.2) is 0 Å². The van der Waals surface area contributed by atoms with E-state index in [-0.39, 0.29) is 5.91 Å². The number of nitriles is 1. The summed E-state index contributed by atoms with van der Waals surface area (Å²) in [6.07, 6.45) is 10.9. The minimum absolute atomic E-state index is 0.138. The Labute approximate surface area is 208 Å². The van der Waals surface area contributed by atoms with Crippen molar-refractivity contribution in [3.05, 3.63) is 59.4 Å². The zero-order chi connectivity index (χ0) is 24.2. The number of aryl methyl sites for hydroxylation is 1. The summed E-state index contributed by atoms with van der Waals surface area (Å²) in [6.45, 7) is 6.53. The molecule has 0 aliphatic carbocycles. The number of pyridine rings is 1. The number of aromatic nitrogens is 2. The highest BCUT2D eigenvalue weighted by Crippen LogP contribution is 2.28. The molecule has 2 aliphatic heterocycles. The van der Waals surface area contributed by atoms with Gasteiger partial charge in [-0.15, -0.1) is 0 Å². The minimum atomic E-state index is 0.138. The van der Waals surface area contributed by atoms with Gasteiger partial charge in [0.2, 0.25) is 0 Å². The molecule has 0 N–H and O–H groups in total. The van der Waals surface area contributed by atoms with Crippen molar-refractivity contribution in [3.8, 4) is 17.3 Å². The second-order valence-corrected chi connectivity index (χ2v) is 9.98. The average molecular weight is 470 g/mol. The third-order valence-electron chi connectivity index (χ3n) is 7.60. The maximum Gasteiger partial charge on any atom is 0.255 e. The van der Waals surface area contributed by atoms with Crippen LogP contribution >= 0.6 is 0 Å². The molecular formula is C29H35N5O. The average Bonchev–Trinajstić information content (AvgIpc) is 3.64. The van der Waals surface area contributed by atoms with Crippen LogP contribution in [0.2, 0.25) is 0 Å². The molecule has 1 amide bonds. The number of fused-ring (bicyclic) bond motifs is 1. The quantitative estimate of drug-likeness (QED) is 0.449. The van der Waals surface area contributed by atoms with Crippen LogP contribution in [-0.2, 0) is 6.42 Å². The van der Waals surface area contributed by atoms with Crippen molar-refractivity contribution < 1.29 is 4.79 Å². The van der Waals surface area contributed by atoms with Gasteiger partial charge in [-0.05, 0) is 88.8 Å². The van der Waals surface area contributed by atoms with Gasteiger partial charge in [-0.1, -0.05) is 25.5 Å². The van der Waals surface area contributed by atoms with Gasteiger partial charge in [-0.3, -0.25) is 4.79 Å². The third-order valence-corrected chi connectivity index (χ3v) is 7.60. The topological polar surface area (TPSA) is 64.6 Å². The van der Waals surface area contributed by atoms with Crippen LogP contribution in [0.15, 0.2) is 42.6 Å². The number of benzene rings is 1. The number of likely N-dealkylation sites (tertiary alicyclic amines) is 2. The third kappa shape index (κ3) is 4.97. The first-order chi connectivity index (χ1) is 17.2. The van der Waals surface area contributed by atoms with Gasteiger partial charge in [-0.25, -0.2) is 4.98 Å². The second kappa shape index (κ2) is 10.6. The van der Waals surface area contributed by atoms with Crippen molar-refractivity contribution in [1.29, 1.82) is 5.26 Å². The fourth-order valence-corrected chi connectivity index (χ4v) is 5.77. The minimum Gasteiger partial charge on any atom is -0.336 e. The predicted molar refractivity (Wildman–Crippen MR) is 138 cm³/mol. The van der Waals surface area contributed by atoms with Crippen molar-refractivity contribution in [1.82, 2.24) is 19.2 Å². The summed E-state index contributed by atoms with van der Waals surface area (Å²) in [5, 5.41) is 9.20. The van der Waals surface area contributed by atoms with Crippen LogP contribution in [0, 0.1) is 11.3 Å². The van der Waals surface area contributed by atoms with E-state index in [1.807, 2.05) is 42.6 Å². The number of carbonyl (C=O) groups excluding carboxylic acids is 1. The molecular weight excluding hydrogens is 434 g/mol. The molecule has 182 valence electrons. The number of hydrogen-bond donors (Lipinski definition) is 0. The highest BCUT2D eigenvalue weighted by molar-refractivity contribution is 5.94. The van der Waals surface area contributed by atoms with E-state index in [4.69, 9.17) is 4.98 Å². The van der Waals surface area contributed by atoms with E-state index in [9.17, 15) is 10.1 Å². The molecule has 5 rings (SSSR count). The maximum atomic E-state index is 13.5. The molecule has 1 aromatic carbocycles. The van der Waals surface area contributed by atoms with Crippen LogP contribution in [0.4, 0.5) is 0 Å². The molecule has 0 bridgehead atoms. The van der Waals surface area contributed by atoms with E-state index < -0.39 is 0 Å². The van der Waals surface area contributed by atoms with Crippen molar-refractivity contribution >= 4 is 11.6 Å². The van der Waals surface area contributed by atoms with Crippen LogP contribution in [0.3, 0.4) is 0 Å². The summed E-state index contributed by atoms with van der Waals surface area (Å²) in [7, 11) is 0. The molecule has 35 heavy (non-hydrogen) atoms. The molecule has 0 radical (unpaired) electrons. The number of carbonyl (C=O) groups is 1. The van der Waals surface area contributed by atoms with Crippen molar-refractivity contribution in [2.24, 2.45) is 0 Å². The molecule has 2 fully saturated rings. The van der Waals surface area contributed by atoms with Gasteiger partial charge >= 0.3 is 0 Å². The van der Waals surface area contributed by atoms with Gasteiger partial charge < -0.3 is 14.2 Å². The largest absolute Gasteiger partial charge is 0.336 e. The summed E-state index contributed by atoms with van der Waals surface area (Å²) in [4.78, 5) is 23.1. The Morgan fingerprint density at radius 1 is 1.09 bits per heavy atom. The van der Waals surface area contributed by atoms with Gasteiger partial charge in [-0.2, -0.15) is 5.26 Å². The zero-order valence-electron chi connectivity index (χ0n) is 20.7. The van der Waals surface area contributed by atoms with E-state index in [0.29, 0.717) is 11.6 Å². The Bertz CT molecular complexity index is 1220. The van der Waals surface area contributed by atoms with Crippen molar-refractivity contribution in [2.45, 2.75) is 64.3 Å². The molecule has 4 heterocycles. The highest BCUT2D eigenvalue weighted by Gasteiger charge is 2.29. The van der Waals surface area contributed by atoms with Gasteiger partial charge in [0.05, 0.1) is 28.6 Å². The van der Waals surface area contributed by atoms with Crippen LogP contribution < -0.4 is 0 Å². The summed E-state index contributed by atoms with van der Waals surface area (Å²) in [5.41, 5.74) is 5.36. The normalized spacial score (nSPS) is 18.4. The first-order valence-electron chi connectivity index (χ1n) is 13.2. The smallest absolute Gasteiger partial charge is 0.255 e. The Balaban J connectivity index is 1.48. The number of nitrogens with zero attached hydrogens (tertiary/aromatic N) is 5. The van der Waals surface area contributed by atoms with Gasteiger partial charge in [0, 0.05) is 24.3 Å². The lowest BCUT2D eigenvalue weighted by Gasteiger charge is -2.24. The molecule has 1 unspecified atom stereocenters. The maximum absolute atomic E-state index is 13.5. The lowest BCUT2D eigenvalue weighted by molar-refractivity contribution is 0.0729. The number of rotatable bonds is 8. The lowest BCUT2D eigenvalue weighted by Crippen LogP contribution is -2.35. The van der Waals surface area contributed by atoms with Crippen molar-refractivity contribution in [3.63, 3.8) is 0 Å². The fourth-order valence-electron chi connectivity index (χ4n) is 5.77. The summed E-state index contributed by atoms with van der Waals surface area (Å²) in [5.74, 6) is 0.138. The van der Waals surface area contributed by atoms with Crippen LogP contribution in [0.1, 0.15) is 73.5 Å². The highest BCUT2D eigenvalue weighted by atomic mass is 16.2. The Morgan fingerprint density at radius 3 is 2.63 bits per heavy atom. The van der Waals surface area contributed by atoms with Gasteiger partial charge in [0.25, 0.3) is 5.91 Å². The van der Waals surface area contributed by atoms with Crippen LogP contribution in [0.25, 0.3) is 16.9 Å². The van der Waals surface area contributed by atoms with E-state index in [2.05, 4.69) is 27.2 Å². The monoisotopic (exact) mass is 469 g/mol. The molecule has 3 aromatic rings. The molecule has 0 spiro atoms. The molecule has 6 nitrogen and oxygen atoms in total. The first-order valence-corrected chi connectivity index (χ1v) is 13.2. The van der Waals surface area contributed by atoms with Crippen molar-refractivity contribution in [2.75, 3.05) is 26.2 Å². The number of hydrogen-bond acceptors (Lipinski definition) is 4. The predicted octanol–water partition coefficient (Wildman–Crippen LogP) is 5.31. The zero-order valence-corrected chi connectivity index (χ0v) is 20.7. The molecule has 2 saturated heterocycles. The standard InChI is InChI=1S/C29H35N5O/c1-2-7-25-8-5-19-33(25)29(35)24-14-15-27-31-28(23-12-10-22(20-30)11-13-23)26(34(27)21-24)9-6-18-32-16-3-4-17-32/h10-15,21,25H,2-9,16-19H2,1H3.